The molecule has 0 saturated carbocycles. The van der Waals surface area contributed by atoms with Crippen molar-refractivity contribution in [1.29, 1.82) is 0 Å². The third-order valence-electron chi connectivity index (χ3n) is 5.32. The second-order valence-corrected chi connectivity index (χ2v) is 8.84. The molecule has 0 saturated heterocycles. The summed E-state index contributed by atoms with van der Waals surface area (Å²) in [6.07, 6.45) is -9.01. The van der Waals surface area contributed by atoms with Gasteiger partial charge in [0.15, 0.2) is 0 Å². The van der Waals surface area contributed by atoms with Gasteiger partial charge < -0.3 is 20.5 Å². The van der Waals surface area contributed by atoms with E-state index in [1.807, 2.05) is 0 Å². The van der Waals surface area contributed by atoms with E-state index in [1.54, 1.807) is 0 Å². The quantitative estimate of drug-likeness (QED) is 0.211. The number of carboxylic acid groups (broad SMARTS) is 1. The second-order valence-electron chi connectivity index (χ2n) is 8.40. The summed E-state index contributed by atoms with van der Waals surface area (Å²) in [6, 6.07) is 11.9. The summed E-state index contributed by atoms with van der Waals surface area (Å²) in [4.78, 5) is 37.8. The molecule has 1 atom stereocenters. The molecular weight excluding hydrogens is 582 g/mol. The first-order chi connectivity index (χ1) is 19.1. The number of halogens is 7. The summed E-state index contributed by atoms with van der Waals surface area (Å²) < 4.78 is 80.6. The van der Waals surface area contributed by atoms with Gasteiger partial charge in [0.25, 0.3) is 11.8 Å². The van der Waals surface area contributed by atoms with Gasteiger partial charge in [0, 0.05) is 17.0 Å². The Morgan fingerprint density at radius 2 is 1.56 bits per heavy atom. The third-order valence-corrected chi connectivity index (χ3v) is 5.58. The molecule has 0 aromatic heterocycles. The minimum absolute atomic E-state index is 0.163. The monoisotopic (exact) mass is 600 g/mol. The van der Waals surface area contributed by atoms with Crippen molar-refractivity contribution in [3.63, 3.8) is 0 Å². The maximum absolute atomic E-state index is 13.2. The van der Waals surface area contributed by atoms with Gasteiger partial charge >= 0.3 is 18.5 Å². The third kappa shape index (κ3) is 9.57. The van der Waals surface area contributed by atoms with Gasteiger partial charge in [-0.3, -0.25) is 9.59 Å². The van der Waals surface area contributed by atoms with Crippen LogP contribution < -0.4 is 15.4 Å². The number of carbonyl (C=O) groups excluding carboxylic acids is 2. The van der Waals surface area contributed by atoms with E-state index in [4.69, 9.17) is 11.6 Å². The number of alkyl halides is 6. The fraction of sp³-hybridized carbons (Fsp3) is 0.148. The highest BCUT2D eigenvalue weighted by atomic mass is 35.5. The Labute approximate surface area is 233 Å². The molecule has 0 spiro atoms. The molecule has 0 aliphatic heterocycles. The van der Waals surface area contributed by atoms with Crippen LogP contribution in [-0.4, -0.2) is 35.3 Å². The van der Waals surface area contributed by atoms with Crippen LogP contribution in [-0.2, 0) is 22.2 Å². The molecule has 2 amide bonds. The lowest BCUT2D eigenvalue weighted by Crippen LogP contribution is -2.45. The average Bonchev–Trinajstić information content (AvgIpc) is 2.88. The molecule has 0 radical (unpaired) electrons. The zero-order valence-electron chi connectivity index (χ0n) is 20.5. The molecule has 7 nitrogen and oxygen atoms in total. The number of benzene rings is 3. The molecule has 0 bridgehead atoms. The van der Waals surface area contributed by atoms with Crippen LogP contribution in [0.3, 0.4) is 0 Å². The summed E-state index contributed by atoms with van der Waals surface area (Å²) in [5, 5.41) is 14.4. The molecule has 0 heterocycles. The van der Waals surface area contributed by atoms with Gasteiger partial charge in [-0.2, -0.15) is 13.2 Å². The van der Waals surface area contributed by atoms with Gasteiger partial charge in [0.2, 0.25) is 0 Å². The van der Waals surface area contributed by atoms with Gasteiger partial charge in [-0.05, 0) is 65.7 Å². The Bertz CT molecular complexity index is 1440. The highest BCUT2D eigenvalue weighted by Gasteiger charge is 2.32. The minimum atomic E-state index is -4.98. The number of amides is 2. The lowest BCUT2D eigenvalue weighted by molar-refractivity contribution is -0.274. The van der Waals surface area contributed by atoms with Crippen molar-refractivity contribution in [3.05, 3.63) is 106 Å². The van der Waals surface area contributed by atoms with Crippen molar-refractivity contribution in [2.75, 3.05) is 0 Å². The molecule has 3 rings (SSSR count). The van der Waals surface area contributed by atoms with Crippen molar-refractivity contribution < 1.29 is 50.6 Å². The second kappa shape index (κ2) is 12.8. The average molecular weight is 601 g/mol. The van der Waals surface area contributed by atoms with E-state index >= 15 is 0 Å². The highest BCUT2D eigenvalue weighted by Crippen LogP contribution is 2.30. The zero-order valence-corrected chi connectivity index (χ0v) is 21.3. The highest BCUT2D eigenvalue weighted by molar-refractivity contribution is 6.30. The number of ether oxygens (including phenoxy) is 1. The normalized spacial score (nSPS) is 12.8. The topological polar surface area (TPSA) is 105 Å². The maximum Gasteiger partial charge on any atom is 0.573 e. The first kappa shape index (κ1) is 31.0. The van der Waals surface area contributed by atoms with E-state index in [9.17, 15) is 45.8 Å². The molecule has 14 heteroatoms. The van der Waals surface area contributed by atoms with E-state index in [0.29, 0.717) is 16.7 Å². The zero-order chi connectivity index (χ0) is 30.4. The predicted octanol–water partition coefficient (Wildman–Crippen LogP) is 5.84. The van der Waals surface area contributed by atoms with Gasteiger partial charge in [0.05, 0.1) is 5.56 Å². The number of carboxylic acids is 1. The smallest absolute Gasteiger partial charge is 0.480 e. The fourth-order valence-corrected chi connectivity index (χ4v) is 3.55. The molecule has 41 heavy (non-hydrogen) atoms. The Morgan fingerprint density at radius 3 is 2.12 bits per heavy atom. The number of rotatable bonds is 9. The van der Waals surface area contributed by atoms with Gasteiger partial charge in [-0.1, -0.05) is 35.9 Å². The Morgan fingerprint density at radius 1 is 0.927 bits per heavy atom. The van der Waals surface area contributed by atoms with Crippen LogP contribution in [0.15, 0.2) is 78.5 Å². The van der Waals surface area contributed by atoms with Crippen molar-refractivity contribution in [3.8, 4) is 5.75 Å². The van der Waals surface area contributed by atoms with E-state index in [0.717, 1.165) is 42.5 Å². The lowest BCUT2D eigenvalue weighted by Gasteiger charge is -2.17. The summed E-state index contributed by atoms with van der Waals surface area (Å²) >= 11 is 5.83. The number of hydrogen-bond donors (Lipinski definition) is 3. The molecule has 0 fully saturated rings. The molecular formula is C27H19ClF6N2O5. The SMILES string of the molecule is O=C(N[C@H](Cc1ccc(Cl)cc1)C(=O)O)C(=Cc1cccc(C(F)(F)F)c1)NC(=O)c1ccc(OC(F)(F)F)cc1. The van der Waals surface area contributed by atoms with Gasteiger partial charge in [0.1, 0.15) is 17.5 Å². The summed E-state index contributed by atoms with van der Waals surface area (Å²) in [7, 11) is 0. The Hall–Kier alpha value is -4.52. The predicted molar refractivity (Wildman–Crippen MR) is 135 cm³/mol. The van der Waals surface area contributed by atoms with Crippen molar-refractivity contribution in [2.45, 2.75) is 25.0 Å². The number of aliphatic carboxylic acids is 1. The van der Waals surface area contributed by atoms with Crippen molar-refractivity contribution >= 4 is 35.5 Å². The van der Waals surface area contributed by atoms with E-state index in [1.165, 1.54) is 30.3 Å². The summed E-state index contributed by atoms with van der Waals surface area (Å²) in [5.41, 5.74) is -1.60. The summed E-state index contributed by atoms with van der Waals surface area (Å²) in [5.74, 6) is -4.26. The van der Waals surface area contributed by atoms with Crippen LogP contribution in [0, 0.1) is 0 Å². The largest absolute Gasteiger partial charge is 0.573 e. The van der Waals surface area contributed by atoms with E-state index < -0.39 is 53.4 Å². The Balaban J connectivity index is 1.91. The first-order valence-corrected chi connectivity index (χ1v) is 11.8. The van der Waals surface area contributed by atoms with E-state index in [-0.39, 0.29) is 17.5 Å². The number of nitrogens with one attached hydrogen (secondary N) is 2. The Kier molecular flexibility index (Phi) is 9.66. The van der Waals surface area contributed by atoms with Crippen LogP contribution in [0.25, 0.3) is 6.08 Å². The fourth-order valence-electron chi connectivity index (χ4n) is 3.42. The van der Waals surface area contributed by atoms with Crippen LogP contribution >= 0.6 is 11.6 Å². The standard InChI is InChI=1S/C27H19ClF6N2O5/c28-19-8-4-15(5-9-19)13-22(25(39)40)36-24(38)21(14-16-2-1-3-18(12-16)26(29,30)31)35-23(37)17-6-10-20(11-7-17)41-27(32,33)34/h1-12,14,22H,13H2,(H,35,37)(H,36,38)(H,39,40)/t22-/m1/s1. The van der Waals surface area contributed by atoms with E-state index in [2.05, 4.69) is 15.4 Å². The van der Waals surface area contributed by atoms with Gasteiger partial charge in [-0.25, -0.2) is 4.79 Å². The van der Waals surface area contributed by atoms with Crippen LogP contribution in [0.2, 0.25) is 5.02 Å². The molecule has 0 aliphatic rings. The molecule has 0 aliphatic carbocycles. The molecule has 3 N–H and O–H groups in total. The number of hydrogen-bond acceptors (Lipinski definition) is 4. The van der Waals surface area contributed by atoms with Crippen LogP contribution in [0.4, 0.5) is 26.3 Å². The van der Waals surface area contributed by atoms with Crippen molar-refractivity contribution in [2.24, 2.45) is 0 Å². The minimum Gasteiger partial charge on any atom is -0.480 e. The van der Waals surface area contributed by atoms with Crippen molar-refractivity contribution in [1.82, 2.24) is 10.6 Å². The van der Waals surface area contributed by atoms with Crippen LogP contribution in [0.5, 0.6) is 5.75 Å². The molecule has 0 unspecified atom stereocenters. The van der Waals surface area contributed by atoms with Gasteiger partial charge in [-0.15, -0.1) is 13.2 Å². The molecule has 216 valence electrons. The van der Waals surface area contributed by atoms with Crippen LogP contribution in [0.1, 0.15) is 27.0 Å². The molecule has 3 aromatic rings. The first-order valence-electron chi connectivity index (χ1n) is 11.4. The maximum atomic E-state index is 13.2. The lowest BCUT2D eigenvalue weighted by atomic mass is 10.1. The molecule has 3 aromatic carbocycles. The number of carbonyl (C=O) groups is 3. The summed E-state index contributed by atoms with van der Waals surface area (Å²) in [6.45, 7) is 0.